The monoisotopic (exact) mass is 346 g/mol. The predicted molar refractivity (Wildman–Crippen MR) is 94.2 cm³/mol. The van der Waals surface area contributed by atoms with Crippen LogP contribution < -0.4 is 15.8 Å². The molecule has 0 atom stereocenters. The summed E-state index contributed by atoms with van der Waals surface area (Å²) in [5.74, 6) is -0.607. The van der Waals surface area contributed by atoms with E-state index in [1.807, 2.05) is 24.3 Å². The highest BCUT2D eigenvalue weighted by Gasteiger charge is 2.22. The Morgan fingerprint density at radius 3 is 2.58 bits per heavy atom. The Morgan fingerprint density at radius 1 is 1.38 bits per heavy atom. The summed E-state index contributed by atoms with van der Waals surface area (Å²) >= 11 is 0.944. The first kappa shape index (κ1) is 17.5. The standard InChI is InChI=1S/C16H18N4O3S/c1-4-10-5-7-11(8-6-10)9-23-14-12(13(17)21)15(24-19-14)18-16(22)20(2)3/h4-8H,1,9H2,2-3H3,(H2,17,21)(H,18,22). The van der Waals surface area contributed by atoms with Crippen LogP contribution >= 0.6 is 11.5 Å². The molecule has 8 heteroatoms. The maximum Gasteiger partial charge on any atom is 0.321 e. The van der Waals surface area contributed by atoms with Gasteiger partial charge in [0.25, 0.3) is 5.91 Å². The zero-order valence-corrected chi connectivity index (χ0v) is 14.2. The summed E-state index contributed by atoms with van der Waals surface area (Å²) < 4.78 is 9.66. The molecule has 0 aliphatic heterocycles. The Kier molecular flexibility index (Phi) is 5.54. The molecule has 0 aliphatic carbocycles. The molecule has 1 aromatic carbocycles. The summed E-state index contributed by atoms with van der Waals surface area (Å²) in [5.41, 5.74) is 7.36. The van der Waals surface area contributed by atoms with Gasteiger partial charge in [0.05, 0.1) is 0 Å². The van der Waals surface area contributed by atoms with Gasteiger partial charge in [-0.2, -0.15) is 4.37 Å². The van der Waals surface area contributed by atoms with Gasteiger partial charge < -0.3 is 15.4 Å². The van der Waals surface area contributed by atoms with Crippen molar-refractivity contribution in [2.24, 2.45) is 5.73 Å². The van der Waals surface area contributed by atoms with E-state index in [0.29, 0.717) is 0 Å². The largest absolute Gasteiger partial charge is 0.472 e. The summed E-state index contributed by atoms with van der Waals surface area (Å²) in [5, 5.41) is 2.84. The molecule has 126 valence electrons. The lowest BCUT2D eigenvalue weighted by Gasteiger charge is -2.11. The van der Waals surface area contributed by atoms with Gasteiger partial charge in [0, 0.05) is 14.1 Å². The number of nitrogens with two attached hydrogens (primary N) is 1. The molecule has 0 spiro atoms. The van der Waals surface area contributed by atoms with Crippen LogP contribution in [-0.4, -0.2) is 35.3 Å². The SMILES string of the molecule is C=Cc1ccc(COc2nsc(NC(=O)N(C)C)c2C(N)=O)cc1. The smallest absolute Gasteiger partial charge is 0.321 e. The van der Waals surface area contributed by atoms with Gasteiger partial charge in [-0.1, -0.05) is 36.9 Å². The number of hydrogen-bond donors (Lipinski definition) is 2. The maximum atomic E-state index is 11.7. The molecule has 0 radical (unpaired) electrons. The fourth-order valence-electron chi connectivity index (χ4n) is 1.79. The first-order valence-corrected chi connectivity index (χ1v) is 7.81. The zero-order valence-electron chi connectivity index (χ0n) is 13.4. The van der Waals surface area contributed by atoms with Gasteiger partial charge in [-0.3, -0.25) is 10.1 Å². The summed E-state index contributed by atoms with van der Waals surface area (Å²) in [6.07, 6.45) is 1.75. The van der Waals surface area contributed by atoms with Crippen LogP contribution in [0, 0.1) is 0 Å². The molecule has 0 unspecified atom stereocenters. The molecule has 3 N–H and O–H groups in total. The van der Waals surface area contributed by atoms with Crippen LogP contribution in [0.5, 0.6) is 5.88 Å². The highest BCUT2D eigenvalue weighted by molar-refractivity contribution is 7.11. The molecule has 1 heterocycles. The van der Waals surface area contributed by atoms with Gasteiger partial charge in [0.1, 0.15) is 17.2 Å². The van der Waals surface area contributed by atoms with Crippen molar-refractivity contribution in [3.8, 4) is 5.88 Å². The summed E-state index contributed by atoms with van der Waals surface area (Å²) in [6.45, 7) is 3.92. The maximum absolute atomic E-state index is 11.7. The quantitative estimate of drug-likeness (QED) is 0.840. The van der Waals surface area contributed by atoms with E-state index in [4.69, 9.17) is 10.5 Å². The second-order valence-electron chi connectivity index (χ2n) is 5.12. The van der Waals surface area contributed by atoms with Gasteiger partial charge >= 0.3 is 6.03 Å². The highest BCUT2D eigenvalue weighted by atomic mass is 32.1. The molecule has 24 heavy (non-hydrogen) atoms. The minimum Gasteiger partial charge on any atom is -0.472 e. The Balaban J connectivity index is 2.14. The third-order valence-electron chi connectivity index (χ3n) is 3.12. The first-order valence-electron chi connectivity index (χ1n) is 7.04. The zero-order chi connectivity index (χ0) is 17.7. The number of ether oxygens (including phenoxy) is 1. The molecule has 2 aromatic rings. The van der Waals surface area contributed by atoms with Crippen LogP contribution in [0.1, 0.15) is 21.5 Å². The number of aromatic nitrogens is 1. The van der Waals surface area contributed by atoms with E-state index in [2.05, 4.69) is 16.3 Å². The topological polar surface area (TPSA) is 97.6 Å². The molecule has 0 saturated heterocycles. The lowest BCUT2D eigenvalue weighted by molar-refractivity contribution is 0.0996. The number of primary amides is 1. The summed E-state index contributed by atoms with van der Waals surface area (Å²) in [4.78, 5) is 24.8. The van der Waals surface area contributed by atoms with Crippen LogP contribution in [-0.2, 0) is 6.61 Å². The van der Waals surface area contributed by atoms with E-state index in [1.165, 1.54) is 4.90 Å². The van der Waals surface area contributed by atoms with Gasteiger partial charge in [-0.05, 0) is 22.7 Å². The van der Waals surface area contributed by atoms with Crippen molar-refractivity contribution in [3.05, 3.63) is 47.5 Å². The number of amides is 3. The van der Waals surface area contributed by atoms with Crippen LogP contribution in [0.15, 0.2) is 30.8 Å². The number of anilines is 1. The summed E-state index contributed by atoms with van der Waals surface area (Å²) in [6, 6.07) is 7.21. The average molecular weight is 346 g/mol. The molecule has 2 rings (SSSR count). The van der Waals surface area contributed by atoms with E-state index in [1.54, 1.807) is 20.2 Å². The lowest BCUT2D eigenvalue weighted by Crippen LogP contribution is -2.28. The van der Waals surface area contributed by atoms with Crippen molar-refractivity contribution in [1.82, 2.24) is 9.27 Å². The summed E-state index contributed by atoms with van der Waals surface area (Å²) in [7, 11) is 3.18. The minimum absolute atomic E-state index is 0.0675. The van der Waals surface area contributed by atoms with Crippen molar-refractivity contribution in [3.63, 3.8) is 0 Å². The van der Waals surface area contributed by atoms with E-state index in [0.717, 1.165) is 22.7 Å². The van der Waals surface area contributed by atoms with E-state index < -0.39 is 5.91 Å². The number of nitrogens with zero attached hydrogens (tertiary/aromatic N) is 2. The molecular formula is C16H18N4O3S. The van der Waals surface area contributed by atoms with Crippen molar-refractivity contribution < 1.29 is 14.3 Å². The third-order valence-corrected chi connectivity index (χ3v) is 3.87. The van der Waals surface area contributed by atoms with E-state index in [9.17, 15) is 9.59 Å². The number of benzene rings is 1. The van der Waals surface area contributed by atoms with Crippen molar-refractivity contribution in [2.75, 3.05) is 19.4 Å². The fraction of sp³-hybridized carbons (Fsp3) is 0.188. The Hall–Kier alpha value is -2.87. The second kappa shape index (κ2) is 7.60. The third kappa shape index (κ3) is 4.11. The number of urea groups is 1. The van der Waals surface area contributed by atoms with Gasteiger partial charge in [-0.25, -0.2) is 4.79 Å². The Labute approximate surface area is 143 Å². The van der Waals surface area contributed by atoms with Crippen molar-refractivity contribution >= 4 is 34.5 Å². The molecule has 7 nitrogen and oxygen atoms in total. The number of rotatable bonds is 6. The first-order chi connectivity index (χ1) is 11.4. The van der Waals surface area contributed by atoms with E-state index in [-0.39, 0.29) is 29.1 Å². The Bertz CT molecular complexity index is 753. The normalized spacial score (nSPS) is 10.1. The average Bonchev–Trinajstić information content (AvgIpc) is 2.96. The predicted octanol–water partition coefficient (Wildman–Crippen LogP) is 2.56. The van der Waals surface area contributed by atoms with Crippen molar-refractivity contribution in [2.45, 2.75) is 6.61 Å². The Morgan fingerprint density at radius 2 is 2.04 bits per heavy atom. The number of carbonyl (C=O) groups is 2. The molecule has 0 bridgehead atoms. The molecule has 0 saturated carbocycles. The molecule has 0 aliphatic rings. The van der Waals surface area contributed by atoms with Crippen LogP contribution in [0.25, 0.3) is 6.08 Å². The highest BCUT2D eigenvalue weighted by Crippen LogP contribution is 2.30. The second-order valence-corrected chi connectivity index (χ2v) is 5.89. The van der Waals surface area contributed by atoms with Gasteiger partial charge in [-0.15, -0.1) is 0 Å². The minimum atomic E-state index is -0.713. The molecular weight excluding hydrogens is 328 g/mol. The number of nitrogens with one attached hydrogen (secondary N) is 1. The molecule has 3 amide bonds. The van der Waals surface area contributed by atoms with E-state index >= 15 is 0 Å². The van der Waals surface area contributed by atoms with Crippen LogP contribution in [0.2, 0.25) is 0 Å². The van der Waals surface area contributed by atoms with Gasteiger partial charge in [0.2, 0.25) is 5.88 Å². The van der Waals surface area contributed by atoms with Gasteiger partial charge in [0.15, 0.2) is 0 Å². The fourth-order valence-corrected chi connectivity index (χ4v) is 2.52. The molecule has 0 fully saturated rings. The van der Waals surface area contributed by atoms with Crippen LogP contribution in [0.3, 0.4) is 0 Å². The molecule has 1 aromatic heterocycles. The lowest BCUT2D eigenvalue weighted by atomic mass is 10.1. The van der Waals surface area contributed by atoms with Crippen LogP contribution in [0.4, 0.5) is 9.80 Å². The number of carbonyl (C=O) groups excluding carboxylic acids is 2. The number of hydrogen-bond acceptors (Lipinski definition) is 5. The van der Waals surface area contributed by atoms with Crippen molar-refractivity contribution in [1.29, 1.82) is 0 Å².